The maximum absolute atomic E-state index is 12.3. The molecule has 2 aromatic rings. The Morgan fingerprint density at radius 2 is 1.79 bits per heavy atom. The molecule has 0 aliphatic rings. The molecule has 2 rings (SSSR count). The molecular weight excluding hydrogens is 228 g/mol. The van der Waals surface area contributed by atoms with E-state index in [0.29, 0.717) is 4.88 Å². The summed E-state index contributed by atoms with van der Waals surface area (Å²) in [5.41, 5.74) is 0. The summed E-state index contributed by atoms with van der Waals surface area (Å²) in [5, 5.41) is 1.85. The van der Waals surface area contributed by atoms with Gasteiger partial charge in [0, 0.05) is 9.75 Å². The van der Waals surface area contributed by atoms with E-state index in [9.17, 15) is 12.9 Å². The van der Waals surface area contributed by atoms with Crippen LogP contribution >= 0.6 is 22.7 Å². The topological polar surface area (TPSA) is 0 Å². The van der Waals surface area contributed by atoms with E-state index in [1.54, 1.807) is 0 Å². The summed E-state index contributed by atoms with van der Waals surface area (Å²) < 4.78 is 36.5. The second-order valence-electron chi connectivity index (χ2n) is 2.75. The minimum atomic E-state index is -4.84. The molecule has 0 saturated carbocycles. The van der Waals surface area contributed by atoms with Gasteiger partial charge in [0.05, 0.1) is 0 Å². The van der Waals surface area contributed by atoms with Crippen molar-refractivity contribution in [1.82, 2.24) is 0 Å². The van der Waals surface area contributed by atoms with Crippen LogP contribution in [-0.2, 0) is 0 Å². The molecule has 0 radical (unpaired) electrons. The molecule has 0 aromatic carbocycles. The second kappa shape index (κ2) is 3.44. The Balaban J connectivity index is 2.36. The fourth-order valence-electron chi connectivity index (χ4n) is 1.08. The van der Waals surface area contributed by atoms with Crippen LogP contribution in [0.2, 0.25) is 0 Å². The lowest BCUT2D eigenvalue weighted by atomic mass is 9.90. The molecule has 0 amide bonds. The maximum Gasteiger partial charge on any atom is 0.519 e. The Hall–Kier alpha value is -0.745. The van der Waals surface area contributed by atoms with Crippen molar-refractivity contribution in [1.29, 1.82) is 0 Å². The van der Waals surface area contributed by atoms with Gasteiger partial charge in [-0.25, -0.2) is 0 Å². The van der Waals surface area contributed by atoms with Gasteiger partial charge in [-0.2, -0.15) is 11.3 Å². The molecule has 0 spiro atoms. The molecule has 0 nitrogen and oxygen atoms in total. The molecule has 0 fully saturated rings. The van der Waals surface area contributed by atoms with Crippen LogP contribution in [0.4, 0.5) is 12.9 Å². The Morgan fingerprint density at radius 3 is 2.29 bits per heavy atom. The van der Waals surface area contributed by atoms with Gasteiger partial charge < -0.3 is 12.9 Å². The van der Waals surface area contributed by atoms with Gasteiger partial charge in [0.25, 0.3) is 0 Å². The molecule has 0 aliphatic carbocycles. The first-order valence-electron chi connectivity index (χ1n) is 3.91. The predicted molar refractivity (Wildman–Crippen MR) is 56.3 cm³/mol. The van der Waals surface area contributed by atoms with Gasteiger partial charge in [0.15, 0.2) is 0 Å². The van der Waals surface area contributed by atoms with Crippen LogP contribution < -0.4 is 4.78 Å². The zero-order valence-electron chi connectivity index (χ0n) is 6.91. The zero-order valence-corrected chi connectivity index (χ0v) is 8.55. The number of thiophene rings is 2. The highest BCUT2D eigenvalue weighted by Gasteiger charge is 2.27. The molecule has 2 heterocycles. The molecular formula is C8H5BF3S2-. The molecule has 0 N–H and O–H groups in total. The van der Waals surface area contributed by atoms with Gasteiger partial charge in [0.2, 0.25) is 0 Å². The van der Waals surface area contributed by atoms with E-state index in [0.717, 1.165) is 22.3 Å². The van der Waals surface area contributed by atoms with E-state index in [4.69, 9.17) is 0 Å². The first-order valence-corrected chi connectivity index (χ1v) is 5.60. The average Bonchev–Trinajstić information content (AvgIpc) is 2.73. The van der Waals surface area contributed by atoms with Crippen LogP contribution in [-0.4, -0.2) is 6.98 Å². The number of hydrogen-bond acceptors (Lipinski definition) is 2. The lowest BCUT2D eigenvalue weighted by Gasteiger charge is -2.10. The summed E-state index contributed by atoms with van der Waals surface area (Å²) >= 11 is 2.26. The number of halogens is 3. The lowest BCUT2D eigenvalue weighted by molar-refractivity contribution is 0.503. The van der Waals surface area contributed by atoms with E-state index in [-0.39, 0.29) is 0 Å². The molecule has 0 saturated heterocycles. The van der Waals surface area contributed by atoms with Crippen molar-refractivity contribution in [3.05, 3.63) is 29.6 Å². The van der Waals surface area contributed by atoms with Gasteiger partial charge in [-0.15, -0.1) is 11.3 Å². The minimum Gasteiger partial charge on any atom is -0.444 e. The van der Waals surface area contributed by atoms with Gasteiger partial charge in [-0.1, -0.05) is 16.9 Å². The van der Waals surface area contributed by atoms with E-state index in [2.05, 4.69) is 0 Å². The summed E-state index contributed by atoms with van der Waals surface area (Å²) in [4.78, 5) is 1.58. The van der Waals surface area contributed by atoms with Gasteiger partial charge >= 0.3 is 6.98 Å². The van der Waals surface area contributed by atoms with E-state index in [1.807, 2.05) is 17.5 Å². The molecule has 0 bridgehead atoms. The van der Waals surface area contributed by atoms with E-state index < -0.39 is 11.8 Å². The van der Waals surface area contributed by atoms with Crippen LogP contribution in [0.15, 0.2) is 29.6 Å². The highest BCUT2D eigenvalue weighted by molar-refractivity contribution is 7.28. The standard InChI is InChI=1S/C8H5BF3S2/c10-9(11,12)8-4-3-7(14-8)6-2-1-5-13-6/h1-5H/q-1. The molecule has 0 unspecified atom stereocenters. The fourth-order valence-corrected chi connectivity index (χ4v) is 2.82. The number of hydrogen-bond donors (Lipinski definition) is 0. The SMILES string of the molecule is F[B-](F)(F)c1ccc(-c2cccs2)s1. The van der Waals surface area contributed by atoms with E-state index in [1.165, 1.54) is 17.4 Å². The first kappa shape index (κ1) is 9.80. The van der Waals surface area contributed by atoms with Crippen molar-refractivity contribution in [2.45, 2.75) is 0 Å². The number of rotatable bonds is 2. The Kier molecular flexibility index (Phi) is 2.40. The highest BCUT2D eigenvalue weighted by atomic mass is 32.1. The smallest absolute Gasteiger partial charge is 0.444 e. The summed E-state index contributed by atoms with van der Waals surface area (Å²) in [5.74, 6) is 0. The molecule has 2 aromatic heterocycles. The minimum absolute atomic E-state index is 0.478. The molecule has 0 atom stereocenters. The van der Waals surface area contributed by atoms with E-state index >= 15 is 0 Å². The maximum atomic E-state index is 12.3. The zero-order chi connectivity index (χ0) is 10.2. The van der Waals surface area contributed by atoms with Crippen molar-refractivity contribution in [3.8, 4) is 9.75 Å². The third kappa shape index (κ3) is 1.86. The largest absolute Gasteiger partial charge is 0.519 e. The Bertz CT molecular complexity index is 416. The van der Waals surface area contributed by atoms with Crippen molar-refractivity contribution in [3.63, 3.8) is 0 Å². The highest BCUT2D eigenvalue weighted by Crippen LogP contribution is 2.29. The summed E-state index contributed by atoms with van der Waals surface area (Å²) in [6, 6.07) is 6.34. The van der Waals surface area contributed by atoms with Crippen LogP contribution in [0, 0.1) is 0 Å². The molecule has 14 heavy (non-hydrogen) atoms. The van der Waals surface area contributed by atoms with Crippen molar-refractivity contribution in [2.75, 3.05) is 0 Å². The van der Waals surface area contributed by atoms with Crippen LogP contribution in [0.5, 0.6) is 0 Å². The van der Waals surface area contributed by atoms with Crippen molar-refractivity contribution < 1.29 is 12.9 Å². The molecule has 6 heteroatoms. The quantitative estimate of drug-likeness (QED) is 0.696. The third-order valence-corrected chi connectivity index (χ3v) is 3.96. The van der Waals surface area contributed by atoms with Crippen LogP contribution in [0.3, 0.4) is 0 Å². The normalized spacial score (nSPS) is 11.9. The Morgan fingerprint density at radius 1 is 1.00 bits per heavy atom. The summed E-state index contributed by atoms with van der Waals surface area (Å²) in [7, 11) is 0. The molecule has 74 valence electrons. The summed E-state index contributed by atoms with van der Waals surface area (Å²) in [6.45, 7) is -4.84. The lowest BCUT2D eigenvalue weighted by Crippen LogP contribution is -2.30. The fraction of sp³-hybridized carbons (Fsp3) is 0. The Labute approximate surface area is 87.1 Å². The third-order valence-electron chi connectivity index (χ3n) is 1.71. The predicted octanol–water partition coefficient (Wildman–Crippen LogP) is 3.53. The van der Waals surface area contributed by atoms with Gasteiger partial charge in [0.1, 0.15) is 0 Å². The molecule has 0 aliphatic heterocycles. The van der Waals surface area contributed by atoms with Crippen molar-refractivity contribution in [2.24, 2.45) is 0 Å². The average molecular weight is 233 g/mol. The first-order chi connectivity index (χ1) is 6.57. The second-order valence-corrected chi connectivity index (χ2v) is 4.82. The van der Waals surface area contributed by atoms with Gasteiger partial charge in [-0.3, -0.25) is 0 Å². The van der Waals surface area contributed by atoms with Crippen molar-refractivity contribution >= 4 is 34.4 Å². The van der Waals surface area contributed by atoms with Gasteiger partial charge in [-0.05, 0) is 17.5 Å². The van der Waals surface area contributed by atoms with Crippen LogP contribution in [0.25, 0.3) is 9.75 Å². The monoisotopic (exact) mass is 233 g/mol. The summed E-state index contributed by atoms with van der Waals surface area (Å²) in [6.07, 6.45) is 0. The van der Waals surface area contributed by atoms with Crippen LogP contribution in [0.1, 0.15) is 0 Å².